The molecule has 0 saturated heterocycles. The summed E-state index contributed by atoms with van der Waals surface area (Å²) in [6, 6.07) is 27.6. The lowest BCUT2D eigenvalue weighted by Gasteiger charge is -2.33. The number of hydrogen-bond acceptors (Lipinski definition) is 1. The van der Waals surface area contributed by atoms with Crippen LogP contribution in [0.2, 0.25) is 0 Å². The van der Waals surface area contributed by atoms with Gasteiger partial charge < -0.3 is 4.90 Å². The minimum absolute atomic E-state index is 1.19. The molecule has 0 unspecified atom stereocenters. The van der Waals surface area contributed by atoms with Gasteiger partial charge in [-0.15, -0.1) is 0 Å². The Labute approximate surface area is 119 Å². The molecule has 3 aromatic rings. The fourth-order valence-electron chi connectivity index (χ4n) is 2.78. The Morgan fingerprint density at radius 3 is 1.65 bits per heavy atom. The van der Waals surface area contributed by atoms with Gasteiger partial charge in [0, 0.05) is 17.1 Å². The molecule has 0 saturated carbocycles. The summed E-state index contributed by atoms with van der Waals surface area (Å²) in [6.45, 7) is 0. The molecule has 0 bridgehead atoms. The van der Waals surface area contributed by atoms with Gasteiger partial charge in [-0.25, -0.2) is 0 Å². The Kier molecular flexibility index (Phi) is 2.60. The van der Waals surface area contributed by atoms with E-state index >= 15 is 0 Å². The molecule has 0 aromatic heterocycles. The highest BCUT2D eigenvalue weighted by Crippen LogP contribution is 2.33. The quantitative estimate of drug-likeness (QED) is 0.472. The van der Waals surface area contributed by atoms with Crippen LogP contribution in [-0.2, 0) is 0 Å². The van der Waals surface area contributed by atoms with E-state index in [0.717, 1.165) is 0 Å². The molecule has 1 aliphatic rings. The molecule has 1 radical (unpaired) electrons. The second kappa shape index (κ2) is 4.57. The van der Waals surface area contributed by atoms with Crippen LogP contribution in [0, 0.1) is 0 Å². The molecule has 1 aliphatic heterocycles. The van der Waals surface area contributed by atoms with Crippen LogP contribution < -0.4 is 15.8 Å². The van der Waals surface area contributed by atoms with Crippen molar-refractivity contribution in [3.05, 3.63) is 78.9 Å². The third kappa shape index (κ3) is 1.73. The summed E-state index contributed by atoms with van der Waals surface area (Å²) in [7, 11) is 2.25. The van der Waals surface area contributed by atoms with E-state index in [0.29, 0.717) is 0 Å². The van der Waals surface area contributed by atoms with Gasteiger partial charge in [0.05, 0.1) is 0 Å². The first-order chi connectivity index (χ1) is 9.93. The Bertz CT molecular complexity index is 707. The van der Waals surface area contributed by atoms with Crippen molar-refractivity contribution in [3.8, 4) is 0 Å². The minimum Gasteiger partial charge on any atom is -0.312 e. The number of nitrogens with zero attached hydrogens (tertiary/aromatic N) is 1. The van der Waals surface area contributed by atoms with Crippen LogP contribution in [0.4, 0.5) is 17.1 Å². The lowest BCUT2D eigenvalue weighted by molar-refractivity contribution is 1.30. The molecule has 2 heteroatoms. The van der Waals surface area contributed by atoms with E-state index in [1.54, 1.807) is 0 Å². The van der Waals surface area contributed by atoms with E-state index in [1.165, 1.54) is 28.0 Å². The number of para-hydroxylation sites is 3. The molecule has 3 aromatic carbocycles. The molecule has 0 amide bonds. The largest absolute Gasteiger partial charge is 0.312 e. The summed E-state index contributed by atoms with van der Waals surface area (Å²) >= 11 is 0. The summed E-state index contributed by atoms with van der Waals surface area (Å²) < 4.78 is 0. The van der Waals surface area contributed by atoms with Gasteiger partial charge in [-0.3, -0.25) is 0 Å². The Balaban J connectivity index is 1.98. The van der Waals surface area contributed by atoms with Crippen molar-refractivity contribution < 1.29 is 0 Å². The van der Waals surface area contributed by atoms with Crippen molar-refractivity contribution in [2.24, 2.45) is 0 Å². The van der Waals surface area contributed by atoms with Crippen LogP contribution in [0.5, 0.6) is 0 Å². The van der Waals surface area contributed by atoms with Gasteiger partial charge in [0.2, 0.25) is 0 Å². The van der Waals surface area contributed by atoms with Crippen molar-refractivity contribution in [2.75, 3.05) is 4.90 Å². The fraction of sp³-hybridized carbons (Fsp3) is 0. The Morgan fingerprint density at radius 2 is 1.05 bits per heavy atom. The first kappa shape index (κ1) is 11.4. The normalized spacial score (nSPS) is 12.3. The van der Waals surface area contributed by atoms with Crippen molar-refractivity contribution in [1.82, 2.24) is 0 Å². The standard InChI is InChI=1S/C18H13BN/c1-2-8-14(9-3-1)20-17-12-6-4-10-15(17)19-16-11-5-7-13-18(16)20/h1-13H. The van der Waals surface area contributed by atoms with Gasteiger partial charge >= 0.3 is 0 Å². The highest BCUT2D eigenvalue weighted by atomic mass is 15.1. The van der Waals surface area contributed by atoms with Gasteiger partial charge in [-0.1, -0.05) is 65.5 Å². The molecular formula is C18H13BN. The molecular weight excluding hydrogens is 241 g/mol. The molecule has 0 aliphatic carbocycles. The highest BCUT2D eigenvalue weighted by Gasteiger charge is 2.23. The van der Waals surface area contributed by atoms with Gasteiger partial charge in [0.1, 0.15) is 0 Å². The fourth-order valence-corrected chi connectivity index (χ4v) is 2.78. The molecule has 93 valence electrons. The zero-order valence-corrected chi connectivity index (χ0v) is 11.0. The third-order valence-electron chi connectivity index (χ3n) is 3.68. The maximum Gasteiger partial charge on any atom is 0.197 e. The molecule has 20 heavy (non-hydrogen) atoms. The predicted octanol–water partition coefficient (Wildman–Crippen LogP) is 3.12. The third-order valence-corrected chi connectivity index (χ3v) is 3.68. The van der Waals surface area contributed by atoms with Gasteiger partial charge in [0.15, 0.2) is 7.28 Å². The van der Waals surface area contributed by atoms with Crippen LogP contribution in [0.15, 0.2) is 78.9 Å². The van der Waals surface area contributed by atoms with Crippen molar-refractivity contribution >= 4 is 35.3 Å². The second-order valence-electron chi connectivity index (χ2n) is 4.93. The minimum atomic E-state index is 1.19. The Morgan fingerprint density at radius 1 is 0.550 bits per heavy atom. The molecule has 0 spiro atoms. The van der Waals surface area contributed by atoms with Crippen LogP contribution in [0.3, 0.4) is 0 Å². The lowest BCUT2D eigenvalue weighted by Crippen LogP contribution is -2.39. The number of hydrogen-bond donors (Lipinski definition) is 0. The molecule has 1 nitrogen and oxygen atoms in total. The number of fused-ring (bicyclic) bond motifs is 2. The van der Waals surface area contributed by atoms with Crippen molar-refractivity contribution in [1.29, 1.82) is 0 Å². The van der Waals surface area contributed by atoms with Crippen molar-refractivity contribution in [2.45, 2.75) is 0 Å². The first-order valence-electron chi connectivity index (χ1n) is 6.81. The lowest BCUT2D eigenvalue weighted by atomic mass is 9.60. The molecule has 4 rings (SSSR count). The summed E-state index contributed by atoms with van der Waals surface area (Å²) in [5.74, 6) is 0. The van der Waals surface area contributed by atoms with E-state index in [2.05, 4.69) is 91.0 Å². The van der Waals surface area contributed by atoms with Gasteiger partial charge in [-0.05, 0) is 24.3 Å². The molecule has 0 N–H and O–H groups in total. The monoisotopic (exact) mass is 254 g/mol. The Hall–Kier alpha value is -2.48. The second-order valence-corrected chi connectivity index (χ2v) is 4.93. The SMILES string of the molecule is [B]1c2ccccc2N(c2ccccc2)c2ccccc21. The number of benzene rings is 3. The van der Waals surface area contributed by atoms with Gasteiger partial charge in [0.25, 0.3) is 0 Å². The molecule has 1 heterocycles. The maximum absolute atomic E-state index is 2.32. The van der Waals surface area contributed by atoms with Crippen LogP contribution >= 0.6 is 0 Å². The van der Waals surface area contributed by atoms with E-state index in [-0.39, 0.29) is 0 Å². The highest BCUT2D eigenvalue weighted by molar-refractivity contribution is 6.71. The summed E-state index contributed by atoms with van der Waals surface area (Å²) in [5, 5.41) is 0. The predicted molar refractivity (Wildman–Crippen MR) is 86.1 cm³/mol. The van der Waals surface area contributed by atoms with Crippen LogP contribution in [0.1, 0.15) is 0 Å². The molecule has 0 fully saturated rings. The van der Waals surface area contributed by atoms with Crippen LogP contribution in [0.25, 0.3) is 0 Å². The van der Waals surface area contributed by atoms with E-state index in [1.807, 2.05) is 0 Å². The van der Waals surface area contributed by atoms with E-state index < -0.39 is 0 Å². The summed E-state index contributed by atoms with van der Waals surface area (Å²) in [6.07, 6.45) is 0. The average Bonchev–Trinajstić information content (AvgIpc) is 2.53. The first-order valence-corrected chi connectivity index (χ1v) is 6.81. The summed E-state index contributed by atoms with van der Waals surface area (Å²) in [5.41, 5.74) is 6.18. The van der Waals surface area contributed by atoms with Crippen LogP contribution in [-0.4, -0.2) is 7.28 Å². The summed E-state index contributed by atoms with van der Waals surface area (Å²) in [4.78, 5) is 2.32. The van der Waals surface area contributed by atoms with E-state index in [4.69, 9.17) is 0 Å². The average molecular weight is 254 g/mol. The number of anilines is 3. The van der Waals surface area contributed by atoms with Crippen molar-refractivity contribution in [3.63, 3.8) is 0 Å². The van der Waals surface area contributed by atoms with E-state index in [9.17, 15) is 0 Å². The smallest absolute Gasteiger partial charge is 0.197 e. The topological polar surface area (TPSA) is 3.24 Å². The zero-order chi connectivity index (χ0) is 13.4. The van der Waals surface area contributed by atoms with Gasteiger partial charge in [-0.2, -0.15) is 0 Å². The number of rotatable bonds is 1. The zero-order valence-electron chi connectivity index (χ0n) is 11.0. The maximum atomic E-state index is 2.32. The molecule has 0 atom stereocenters.